The molecule has 2 rings (SSSR count). The summed E-state index contributed by atoms with van der Waals surface area (Å²) < 4.78 is 0. The van der Waals surface area contributed by atoms with E-state index in [1.54, 1.807) is 5.56 Å². The second kappa shape index (κ2) is 5.19. The van der Waals surface area contributed by atoms with E-state index in [1.807, 2.05) is 0 Å². The molecule has 1 aromatic rings. The smallest absolute Gasteiger partial charge is 0.0455 e. The van der Waals surface area contributed by atoms with Gasteiger partial charge in [0.25, 0.3) is 0 Å². The summed E-state index contributed by atoms with van der Waals surface area (Å²) in [7, 11) is 0. The number of aryl methyl sites for hydroxylation is 1. The van der Waals surface area contributed by atoms with Crippen molar-refractivity contribution in [2.75, 3.05) is 19.8 Å². The fourth-order valence-corrected chi connectivity index (χ4v) is 3.14. The number of nitrogens with zero attached hydrogens (tertiary/aromatic N) is 1. The molecule has 2 N–H and O–H groups in total. The molecule has 0 unspecified atom stereocenters. The Morgan fingerprint density at radius 2 is 1.88 bits per heavy atom. The van der Waals surface area contributed by atoms with Crippen LogP contribution in [-0.4, -0.2) is 24.7 Å². The minimum absolute atomic E-state index is 0.386. The Labute approximate surface area is 105 Å². The Kier molecular flexibility index (Phi) is 3.85. The molecule has 0 spiro atoms. The molecule has 0 bridgehead atoms. The Morgan fingerprint density at radius 3 is 2.41 bits per heavy atom. The van der Waals surface area contributed by atoms with Gasteiger partial charge in [-0.1, -0.05) is 31.2 Å². The predicted molar refractivity (Wildman–Crippen MR) is 73.0 cm³/mol. The number of nitrogens with two attached hydrogens (primary N) is 1. The molecule has 2 heteroatoms. The summed E-state index contributed by atoms with van der Waals surface area (Å²) in [5.74, 6) is 0. The van der Waals surface area contributed by atoms with Crippen molar-refractivity contribution in [2.24, 2.45) is 5.73 Å². The third-order valence-corrected chi connectivity index (χ3v) is 4.46. The van der Waals surface area contributed by atoms with Gasteiger partial charge < -0.3 is 5.73 Å². The van der Waals surface area contributed by atoms with Gasteiger partial charge in [0.15, 0.2) is 0 Å². The summed E-state index contributed by atoms with van der Waals surface area (Å²) in [4.78, 5) is 2.35. The number of piperidine rings is 1. The monoisotopic (exact) mass is 232 g/mol. The molecule has 1 aromatic carbocycles. The van der Waals surface area contributed by atoms with E-state index in [0.29, 0.717) is 12.1 Å². The summed E-state index contributed by atoms with van der Waals surface area (Å²) in [5, 5.41) is 0. The van der Waals surface area contributed by atoms with Gasteiger partial charge in [-0.3, -0.25) is 4.90 Å². The van der Waals surface area contributed by atoms with E-state index in [0.717, 1.165) is 13.1 Å². The highest BCUT2D eigenvalue weighted by atomic mass is 15.2. The van der Waals surface area contributed by atoms with Gasteiger partial charge in [-0.05, 0) is 42.7 Å². The Hall–Kier alpha value is -0.860. The highest BCUT2D eigenvalue weighted by Gasteiger charge is 2.34. The van der Waals surface area contributed by atoms with Gasteiger partial charge >= 0.3 is 0 Å². The molecule has 1 aliphatic heterocycles. The van der Waals surface area contributed by atoms with E-state index in [4.69, 9.17) is 5.73 Å². The zero-order chi connectivity index (χ0) is 12.3. The number of rotatable bonds is 3. The molecule has 0 saturated carbocycles. The van der Waals surface area contributed by atoms with Crippen LogP contribution in [0.4, 0.5) is 0 Å². The fourth-order valence-electron chi connectivity index (χ4n) is 3.14. The molecule has 0 radical (unpaired) electrons. The third kappa shape index (κ3) is 2.38. The summed E-state index contributed by atoms with van der Waals surface area (Å²) in [6, 6.07) is 8.87. The molecule has 1 saturated heterocycles. The van der Waals surface area contributed by atoms with Crippen LogP contribution in [0, 0.1) is 6.92 Å². The van der Waals surface area contributed by atoms with Crippen LogP contribution in [0.2, 0.25) is 0 Å². The lowest BCUT2D eigenvalue weighted by Crippen LogP contribution is -2.44. The maximum Gasteiger partial charge on any atom is 0.0455 e. The molecule has 1 fully saturated rings. The Bertz CT molecular complexity index is 365. The van der Waals surface area contributed by atoms with Crippen LogP contribution in [0.3, 0.4) is 0 Å². The maximum atomic E-state index is 5.73. The summed E-state index contributed by atoms with van der Waals surface area (Å²) in [6.45, 7) is 7.54. The zero-order valence-corrected chi connectivity index (χ0v) is 11.1. The number of likely N-dealkylation sites (tertiary alicyclic amines) is 1. The van der Waals surface area contributed by atoms with Crippen molar-refractivity contribution in [1.82, 2.24) is 4.90 Å². The average molecular weight is 232 g/mol. The van der Waals surface area contributed by atoms with Gasteiger partial charge in [0.05, 0.1) is 0 Å². The van der Waals surface area contributed by atoms with Gasteiger partial charge in [-0.2, -0.15) is 0 Å². The minimum Gasteiger partial charge on any atom is -0.318 e. The van der Waals surface area contributed by atoms with Gasteiger partial charge in [0.2, 0.25) is 0 Å². The maximum absolute atomic E-state index is 5.73. The van der Waals surface area contributed by atoms with Gasteiger partial charge in [0, 0.05) is 19.8 Å². The van der Waals surface area contributed by atoms with Crippen LogP contribution in [0.25, 0.3) is 0 Å². The van der Waals surface area contributed by atoms with Gasteiger partial charge in [0.1, 0.15) is 0 Å². The number of hydrogen-bond acceptors (Lipinski definition) is 2. The van der Waals surface area contributed by atoms with Crippen LogP contribution < -0.4 is 5.73 Å². The first kappa shape index (κ1) is 12.6. The molecule has 0 atom stereocenters. The van der Waals surface area contributed by atoms with E-state index >= 15 is 0 Å². The Morgan fingerprint density at radius 1 is 1.24 bits per heavy atom. The SMILES string of the molecule is CCC1(c2ccccc2C)CCN(CN)CC1. The molecule has 1 aliphatic rings. The largest absolute Gasteiger partial charge is 0.318 e. The standard InChI is InChI=1S/C15H24N2/c1-3-15(8-10-17(12-16)11-9-15)14-7-5-4-6-13(14)2/h4-7H,3,8-12,16H2,1-2H3. The summed E-state index contributed by atoms with van der Waals surface area (Å²) in [6.07, 6.45) is 3.72. The average Bonchev–Trinajstić information content (AvgIpc) is 2.39. The quantitative estimate of drug-likeness (QED) is 0.868. The topological polar surface area (TPSA) is 29.3 Å². The fraction of sp³-hybridized carbons (Fsp3) is 0.600. The highest BCUT2D eigenvalue weighted by Crippen LogP contribution is 2.39. The second-order valence-electron chi connectivity index (χ2n) is 5.25. The number of benzene rings is 1. The van der Waals surface area contributed by atoms with E-state index in [-0.39, 0.29) is 0 Å². The highest BCUT2D eigenvalue weighted by molar-refractivity contribution is 5.34. The minimum atomic E-state index is 0.386. The second-order valence-corrected chi connectivity index (χ2v) is 5.25. The van der Waals surface area contributed by atoms with Gasteiger partial charge in [-0.25, -0.2) is 0 Å². The lowest BCUT2D eigenvalue weighted by molar-refractivity contribution is 0.158. The molecule has 0 aromatic heterocycles. The first-order valence-electron chi connectivity index (χ1n) is 6.70. The van der Waals surface area contributed by atoms with Crippen molar-refractivity contribution in [3.63, 3.8) is 0 Å². The van der Waals surface area contributed by atoms with E-state index in [9.17, 15) is 0 Å². The van der Waals surface area contributed by atoms with E-state index in [1.165, 1.54) is 24.8 Å². The number of hydrogen-bond donors (Lipinski definition) is 1. The molecule has 0 amide bonds. The molecule has 94 valence electrons. The normalized spacial score (nSPS) is 20.4. The van der Waals surface area contributed by atoms with Gasteiger partial charge in [-0.15, -0.1) is 0 Å². The Balaban J connectivity index is 2.24. The lowest BCUT2D eigenvalue weighted by Gasteiger charge is -2.42. The van der Waals surface area contributed by atoms with Crippen LogP contribution in [0.15, 0.2) is 24.3 Å². The van der Waals surface area contributed by atoms with Crippen molar-refractivity contribution in [3.8, 4) is 0 Å². The molecule has 17 heavy (non-hydrogen) atoms. The van der Waals surface area contributed by atoms with Crippen LogP contribution in [0.5, 0.6) is 0 Å². The van der Waals surface area contributed by atoms with Crippen molar-refractivity contribution in [2.45, 2.75) is 38.5 Å². The molecule has 0 aliphatic carbocycles. The molecular formula is C15H24N2. The zero-order valence-electron chi connectivity index (χ0n) is 11.1. The first-order valence-corrected chi connectivity index (χ1v) is 6.70. The predicted octanol–water partition coefficient (Wildman–Crippen LogP) is 2.65. The third-order valence-electron chi connectivity index (χ3n) is 4.46. The molecule has 2 nitrogen and oxygen atoms in total. The summed E-state index contributed by atoms with van der Waals surface area (Å²) in [5.41, 5.74) is 9.11. The van der Waals surface area contributed by atoms with Crippen molar-refractivity contribution < 1.29 is 0 Å². The van der Waals surface area contributed by atoms with Crippen molar-refractivity contribution in [3.05, 3.63) is 35.4 Å². The van der Waals surface area contributed by atoms with Crippen LogP contribution in [-0.2, 0) is 5.41 Å². The molecular weight excluding hydrogens is 208 g/mol. The first-order chi connectivity index (χ1) is 8.22. The lowest BCUT2D eigenvalue weighted by atomic mass is 9.69. The van der Waals surface area contributed by atoms with E-state index in [2.05, 4.69) is 43.0 Å². The van der Waals surface area contributed by atoms with Crippen LogP contribution in [0.1, 0.15) is 37.3 Å². The van der Waals surface area contributed by atoms with E-state index < -0.39 is 0 Å². The molecule has 1 heterocycles. The van der Waals surface area contributed by atoms with Crippen molar-refractivity contribution in [1.29, 1.82) is 0 Å². The summed E-state index contributed by atoms with van der Waals surface area (Å²) >= 11 is 0. The van der Waals surface area contributed by atoms with Crippen LogP contribution >= 0.6 is 0 Å². The van der Waals surface area contributed by atoms with Crippen molar-refractivity contribution >= 4 is 0 Å².